The number of hydrogen-bond donors (Lipinski definition) is 1. The first-order chi connectivity index (χ1) is 8.50. The molecular weight excluding hydrogens is 276 g/mol. The summed E-state index contributed by atoms with van der Waals surface area (Å²) in [5, 5.41) is 0. The number of rotatable bonds is 3. The molecule has 0 aliphatic carbocycles. The van der Waals surface area contributed by atoms with E-state index in [-0.39, 0.29) is 26.2 Å². The Balaban J connectivity index is 2.57. The molecule has 0 spiro atoms. The average molecular weight is 293 g/mol. The fourth-order valence-electron chi connectivity index (χ4n) is 2.29. The Morgan fingerprint density at radius 1 is 1.00 bits per heavy atom. The summed E-state index contributed by atoms with van der Waals surface area (Å²) >= 11 is 0. The molecule has 1 saturated heterocycles. The molecule has 2 N–H and O–H groups in total. The van der Waals surface area contributed by atoms with Crippen LogP contribution >= 0.6 is 0 Å². The molecule has 1 aliphatic heterocycles. The standard InChI is InChI=1S/C10H17F6N3/c1-7(17)8(10(14,15)16)19-4-2-18(3-5-19)6-9(11,12)13/h7-8H,2-6,17H2,1H3. The monoisotopic (exact) mass is 293 g/mol. The molecule has 1 heterocycles. The topological polar surface area (TPSA) is 32.5 Å². The van der Waals surface area contributed by atoms with Crippen molar-refractivity contribution in [3.63, 3.8) is 0 Å². The van der Waals surface area contributed by atoms with Gasteiger partial charge in [0.1, 0.15) is 6.04 Å². The van der Waals surface area contributed by atoms with E-state index in [1.807, 2.05) is 0 Å². The normalized spacial score (nSPS) is 23.4. The summed E-state index contributed by atoms with van der Waals surface area (Å²) < 4.78 is 74.9. The van der Waals surface area contributed by atoms with Crippen molar-refractivity contribution in [3.05, 3.63) is 0 Å². The molecular formula is C10H17F6N3. The van der Waals surface area contributed by atoms with Gasteiger partial charge in [-0.3, -0.25) is 9.80 Å². The Morgan fingerprint density at radius 3 is 1.79 bits per heavy atom. The van der Waals surface area contributed by atoms with Gasteiger partial charge in [0.15, 0.2) is 0 Å². The Bertz CT molecular complexity index is 280. The van der Waals surface area contributed by atoms with Gasteiger partial charge in [-0.1, -0.05) is 0 Å². The number of halogens is 6. The van der Waals surface area contributed by atoms with Crippen LogP contribution in [0.1, 0.15) is 6.92 Å². The average Bonchev–Trinajstić information content (AvgIpc) is 2.15. The van der Waals surface area contributed by atoms with Crippen LogP contribution in [0.25, 0.3) is 0 Å². The van der Waals surface area contributed by atoms with Crippen molar-refractivity contribution in [1.29, 1.82) is 0 Å². The number of nitrogens with two attached hydrogens (primary N) is 1. The van der Waals surface area contributed by atoms with E-state index >= 15 is 0 Å². The van der Waals surface area contributed by atoms with Crippen LogP contribution in [0, 0.1) is 0 Å². The van der Waals surface area contributed by atoms with Gasteiger partial charge < -0.3 is 5.73 Å². The molecule has 9 heteroatoms. The summed E-state index contributed by atoms with van der Waals surface area (Å²) in [7, 11) is 0. The Morgan fingerprint density at radius 2 is 1.47 bits per heavy atom. The van der Waals surface area contributed by atoms with Crippen LogP contribution in [0.2, 0.25) is 0 Å². The summed E-state index contributed by atoms with van der Waals surface area (Å²) in [4.78, 5) is 2.21. The third kappa shape index (κ3) is 5.15. The molecule has 0 amide bonds. The van der Waals surface area contributed by atoms with E-state index in [4.69, 9.17) is 5.73 Å². The SMILES string of the molecule is CC(N)C(N1CCN(CC(F)(F)F)CC1)C(F)(F)F. The van der Waals surface area contributed by atoms with Gasteiger partial charge in [-0.15, -0.1) is 0 Å². The van der Waals surface area contributed by atoms with Gasteiger partial charge in [0, 0.05) is 32.2 Å². The first-order valence-electron chi connectivity index (χ1n) is 5.86. The maximum Gasteiger partial charge on any atom is 0.405 e. The van der Waals surface area contributed by atoms with E-state index in [1.54, 1.807) is 0 Å². The summed E-state index contributed by atoms with van der Waals surface area (Å²) in [6.07, 6.45) is -8.80. The maximum absolute atomic E-state index is 12.8. The van der Waals surface area contributed by atoms with Gasteiger partial charge in [0.2, 0.25) is 0 Å². The molecule has 114 valence electrons. The van der Waals surface area contributed by atoms with Crippen molar-refractivity contribution < 1.29 is 26.3 Å². The molecule has 1 rings (SSSR count). The highest BCUT2D eigenvalue weighted by molar-refractivity contribution is 4.88. The minimum Gasteiger partial charge on any atom is -0.326 e. The van der Waals surface area contributed by atoms with Crippen LogP contribution < -0.4 is 5.73 Å². The van der Waals surface area contributed by atoms with Gasteiger partial charge in [-0.05, 0) is 6.92 Å². The minimum atomic E-state index is -4.47. The predicted octanol–water partition coefficient (Wildman–Crippen LogP) is 1.44. The van der Waals surface area contributed by atoms with Gasteiger partial charge in [0.05, 0.1) is 6.54 Å². The molecule has 1 aliphatic rings. The lowest BCUT2D eigenvalue weighted by molar-refractivity contribution is -0.196. The smallest absolute Gasteiger partial charge is 0.326 e. The lowest BCUT2D eigenvalue weighted by Crippen LogP contribution is -2.60. The number of hydrogen-bond acceptors (Lipinski definition) is 3. The number of piperazine rings is 1. The number of alkyl halides is 6. The van der Waals surface area contributed by atoms with E-state index in [1.165, 1.54) is 6.92 Å². The lowest BCUT2D eigenvalue weighted by atomic mass is 10.1. The van der Waals surface area contributed by atoms with Crippen molar-refractivity contribution in [1.82, 2.24) is 9.80 Å². The largest absolute Gasteiger partial charge is 0.405 e. The molecule has 0 aromatic carbocycles. The predicted molar refractivity (Wildman–Crippen MR) is 57.6 cm³/mol. The lowest BCUT2D eigenvalue weighted by Gasteiger charge is -2.41. The second kappa shape index (κ2) is 5.84. The molecule has 19 heavy (non-hydrogen) atoms. The van der Waals surface area contributed by atoms with E-state index in [9.17, 15) is 26.3 Å². The first kappa shape index (κ1) is 16.5. The summed E-state index contributed by atoms with van der Waals surface area (Å²) in [6, 6.07) is -2.92. The molecule has 2 unspecified atom stereocenters. The third-order valence-corrected chi connectivity index (χ3v) is 3.04. The zero-order chi connectivity index (χ0) is 14.8. The highest BCUT2D eigenvalue weighted by atomic mass is 19.4. The van der Waals surface area contributed by atoms with Gasteiger partial charge in [0.25, 0.3) is 0 Å². The van der Waals surface area contributed by atoms with Crippen LogP contribution in [0.3, 0.4) is 0 Å². The van der Waals surface area contributed by atoms with Gasteiger partial charge in [-0.25, -0.2) is 0 Å². The van der Waals surface area contributed by atoms with E-state index in [0.717, 1.165) is 9.80 Å². The highest BCUT2D eigenvalue weighted by Gasteiger charge is 2.46. The van der Waals surface area contributed by atoms with E-state index < -0.39 is 31.0 Å². The zero-order valence-electron chi connectivity index (χ0n) is 10.4. The molecule has 2 atom stereocenters. The molecule has 0 saturated carbocycles. The second-order valence-electron chi connectivity index (χ2n) is 4.77. The molecule has 1 fully saturated rings. The Hall–Kier alpha value is -0.540. The van der Waals surface area contributed by atoms with Crippen LogP contribution in [0.15, 0.2) is 0 Å². The minimum absolute atomic E-state index is 0.0428. The van der Waals surface area contributed by atoms with Crippen LogP contribution in [0.5, 0.6) is 0 Å². The summed E-state index contributed by atoms with van der Waals surface area (Å²) in [5.41, 5.74) is 5.33. The quantitative estimate of drug-likeness (QED) is 0.799. The first-order valence-corrected chi connectivity index (χ1v) is 5.86. The van der Waals surface area contributed by atoms with Crippen molar-refractivity contribution in [2.75, 3.05) is 32.7 Å². The summed E-state index contributed by atoms with van der Waals surface area (Å²) in [5.74, 6) is 0. The third-order valence-electron chi connectivity index (χ3n) is 3.04. The van der Waals surface area contributed by atoms with Crippen molar-refractivity contribution in [2.24, 2.45) is 5.73 Å². The highest BCUT2D eigenvalue weighted by Crippen LogP contribution is 2.28. The van der Waals surface area contributed by atoms with Crippen LogP contribution in [-0.4, -0.2) is 67.0 Å². The molecule has 0 radical (unpaired) electrons. The Kier molecular flexibility index (Phi) is 5.08. The maximum atomic E-state index is 12.8. The van der Waals surface area contributed by atoms with Crippen LogP contribution in [0.4, 0.5) is 26.3 Å². The van der Waals surface area contributed by atoms with Crippen LogP contribution in [-0.2, 0) is 0 Å². The fraction of sp³-hybridized carbons (Fsp3) is 1.00. The Labute approximate surface area is 107 Å². The molecule has 0 aromatic heterocycles. The molecule has 0 aromatic rings. The van der Waals surface area contributed by atoms with Crippen molar-refractivity contribution in [2.45, 2.75) is 31.4 Å². The number of nitrogens with zero attached hydrogens (tertiary/aromatic N) is 2. The van der Waals surface area contributed by atoms with Gasteiger partial charge >= 0.3 is 12.4 Å². The van der Waals surface area contributed by atoms with Crippen molar-refractivity contribution >= 4 is 0 Å². The van der Waals surface area contributed by atoms with E-state index in [0.29, 0.717) is 0 Å². The van der Waals surface area contributed by atoms with Gasteiger partial charge in [-0.2, -0.15) is 26.3 Å². The van der Waals surface area contributed by atoms with E-state index in [2.05, 4.69) is 0 Å². The second-order valence-corrected chi connectivity index (χ2v) is 4.77. The molecule has 0 bridgehead atoms. The van der Waals surface area contributed by atoms with Crippen molar-refractivity contribution in [3.8, 4) is 0 Å². The summed E-state index contributed by atoms with van der Waals surface area (Å²) in [6.45, 7) is -0.0584. The fourth-order valence-corrected chi connectivity index (χ4v) is 2.29. The molecule has 3 nitrogen and oxygen atoms in total. The zero-order valence-corrected chi connectivity index (χ0v) is 10.4.